The summed E-state index contributed by atoms with van der Waals surface area (Å²) in [6.45, 7) is 0. The highest BCUT2D eigenvalue weighted by molar-refractivity contribution is 5.95. The van der Waals surface area contributed by atoms with Gasteiger partial charge >= 0.3 is 0 Å². The topological polar surface area (TPSA) is 17.1 Å². The number of fused-ring (bicyclic) bond motifs is 3. The molecule has 4 saturated carbocycles. The van der Waals surface area contributed by atoms with E-state index >= 15 is 0 Å². The summed E-state index contributed by atoms with van der Waals surface area (Å²) in [4.78, 5) is 14.0. The van der Waals surface area contributed by atoms with Gasteiger partial charge < -0.3 is 0 Å². The SMILES string of the molecule is O=C1C(c2ccccc2)C2C3CCCC4CCCC(C43)C2C1c1ccccc1. The fourth-order valence-electron chi connectivity index (χ4n) is 8.24. The Morgan fingerprint density at radius 2 is 1.04 bits per heavy atom. The molecule has 2 aromatic rings. The van der Waals surface area contributed by atoms with Crippen LogP contribution in [0.25, 0.3) is 0 Å². The van der Waals surface area contributed by atoms with Crippen molar-refractivity contribution < 1.29 is 4.79 Å². The Morgan fingerprint density at radius 1 is 0.571 bits per heavy atom. The van der Waals surface area contributed by atoms with E-state index in [0.717, 1.165) is 23.7 Å². The van der Waals surface area contributed by atoms with E-state index in [-0.39, 0.29) is 11.8 Å². The fourth-order valence-corrected chi connectivity index (χ4v) is 8.24. The molecule has 6 atom stereocenters. The zero-order valence-electron chi connectivity index (χ0n) is 16.5. The van der Waals surface area contributed by atoms with Crippen LogP contribution in [0.5, 0.6) is 0 Å². The van der Waals surface area contributed by atoms with Crippen LogP contribution < -0.4 is 0 Å². The summed E-state index contributed by atoms with van der Waals surface area (Å²) in [6, 6.07) is 21.5. The van der Waals surface area contributed by atoms with Crippen LogP contribution in [-0.4, -0.2) is 5.78 Å². The second-order valence-corrected chi connectivity index (χ2v) is 9.86. The van der Waals surface area contributed by atoms with Crippen molar-refractivity contribution in [1.29, 1.82) is 0 Å². The molecule has 0 radical (unpaired) electrons. The molecule has 0 aromatic heterocycles. The quantitative estimate of drug-likeness (QED) is 0.614. The average Bonchev–Trinajstić information content (AvgIpc) is 3.23. The third-order valence-electron chi connectivity index (χ3n) is 8.89. The fraction of sp³-hybridized carbons (Fsp3) is 0.519. The minimum atomic E-state index is 0.116. The minimum Gasteiger partial charge on any atom is -0.298 e. The Hall–Kier alpha value is -1.89. The average molecular weight is 371 g/mol. The first kappa shape index (κ1) is 17.0. The van der Waals surface area contributed by atoms with E-state index in [9.17, 15) is 4.79 Å². The monoisotopic (exact) mass is 370 g/mol. The van der Waals surface area contributed by atoms with Crippen molar-refractivity contribution in [3.8, 4) is 0 Å². The van der Waals surface area contributed by atoms with Crippen molar-refractivity contribution in [2.45, 2.75) is 50.4 Å². The first-order valence-corrected chi connectivity index (χ1v) is 11.5. The lowest BCUT2D eigenvalue weighted by molar-refractivity contribution is -0.121. The standard InChI is InChI=1S/C27H30O/c28-27-23(18-9-3-1-4-10-18)25-20-15-7-13-17-14-8-16-21(22(17)20)26(25)24(27)19-11-5-2-6-12-19/h1-6,9-12,17,20-26H,7-8,13-16H2. The van der Waals surface area contributed by atoms with Crippen molar-refractivity contribution in [1.82, 2.24) is 0 Å². The maximum absolute atomic E-state index is 14.0. The van der Waals surface area contributed by atoms with Crippen LogP contribution in [0.2, 0.25) is 0 Å². The van der Waals surface area contributed by atoms with E-state index in [1.165, 1.54) is 49.7 Å². The number of hydrogen-bond donors (Lipinski definition) is 0. The molecule has 0 amide bonds. The zero-order valence-corrected chi connectivity index (χ0v) is 16.5. The highest BCUT2D eigenvalue weighted by atomic mass is 16.1. The number of ketones is 1. The lowest BCUT2D eigenvalue weighted by Gasteiger charge is -2.43. The molecule has 2 aromatic carbocycles. The third-order valence-corrected chi connectivity index (χ3v) is 8.89. The molecule has 0 bridgehead atoms. The summed E-state index contributed by atoms with van der Waals surface area (Å²) in [5.74, 6) is 5.25. The van der Waals surface area contributed by atoms with Gasteiger partial charge in [0.25, 0.3) is 0 Å². The summed E-state index contributed by atoms with van der Waals surface area (Å²) in [7, 11) is 0. The number of carbonyl (C=O) groups is 1. The second-order valence-electron chi connectivity index (χ2n) is 9.86. The lowest BCUT2D eigenvalue weighted by atomic mass is 9.62. The number of rotatable bonds is 2. The van der Waals surface area contributed by atoms with Gasteiger partial charge in [-0.05, 0) is 59.5 Å². The Labute approximate surface area is 168 Å². The normalized spacial score (nSPS) is 41.5. The molecule has 6 unspecified atom stereocenters. The van der Waals surface area contributed by atoms with Crippen molar-refractivity contribution in [3.05, 3.63) is 71.8 Å². The van der Waals surface area contributed by atoms with E-state index in [1.54, 1.807) is 0 Å². The van der Waals surface area contributed by atoms with Crippen molar-refractivity contribution in [2.24, 2.45) is 35.5 Å². The molecule has 6 rings (SSSR count). The first-order chi connectivity index (χ1) is 13.8. The maximum Gasteiger partial charge on any atom is 0.148 e. The van der Waals surface area contributed by atoms with Gasteiger partial charge in [-0.25, -0.2) is 0 Å². The van der Waals surface area contributed by atoms with E-state index in [2.05, 4.69) is 60.7 Å². The summed E-state index contributed by atoms with van der Waals surface area (Å²) in [5, 5.41) is 0. The van der Waals surface area contributed by atoms with Gasteiger partial charge in [-0.1, -0.05) is 86.3 Å². The largest absolute Gasteiger partial charge is 0.298 e. The first-order valence-electron chi connectivity index (χ1n) is 11.5. The molecule has 0 N–H and O–H groups in total. The molecule has 4 fully saturated rings. The van der Waals surface area contributed by atoms with Gasteiger partial charge in [-0.3, -0.25) is 4.79 Å². The molecule has 4 aliphatic rings. The molecule has 144 valence electrons. The molecule has 0 saturated heterocycles. The van der Waals surface area contributed by atoms with Gasteiger partial charge in [0.05, 0.1) is 0 Å². The molecular formula is C27H30O. The number of carbonyl (C=O) groups excluding carboxylic acids is 1. The maximum atomic E-state index is 14.0. The molecular weight excluding hydrogens is 340 g/mol. The summed E-state index contributed by atoms with van der Waals surface area (Å²) in [5.41, 5.74) is 2.56. The minimum absolute atomic E-state index is 0.116. The third kappa shape index (κ3) is 2.34. The number of benzene rings is 2. The van der Waals surface area contributed by atoms with Gasteiger partial charge in [0.2, 0.25) is 0 Å². The van der Waals surface area contributed by atoms with E-state index in [1.807, 2.05) is 0 Å². The zero-order chi connectivity index (χ0) is 18.7. The van der Waals surface area contributed by atoms with Crippen LogP contribution >= 0.6 is 0 Å². The number of Topliss-reactive ketones (excluding diaryl/α,β-unsaturated/α-hetero) is 1. The van der Waals surface area contributed by atoms with Gasteiger partial charge in [0.1, 0.15) is 5.78 Å². The Balaban J connectivity index is 1.50. The van der Waals surface area contributed by atoms with Gasteiger partial charge in [-0.2, -0.15) is 0 Å². The molecule has 0 heterocycles. The molecule has 1 nitrogen and oxygen atoms in total. The summed E-state index contributed by atoms with van der Waals surface area (Å²) >= 11 is 0. The van der Waals surface area contributed by atoms with Gasteiger partial charge in [0, 0.05) is 11.8 Å². The summed E-state index contributed by atoms with van der Waals surface area (Å²) in [6.07, 6.45) is 8.36. The number of hydrogen-bond acceptors (Lipinski definition) is 1. The predicted octanol–water partition coefficient (Wildman–Crippen LogP) is 6.22. The van der Waals surface area contributed by atoms with Crippen LogP contribution in [-0.2, 0) is 4.79 Å². The molecule has 1 heteroatoms. The molecule has 28 heavy (non-hydrogen) atoms. The van der Waals surface area contributed by atoms with Crippen molar-refractivity contribution in [3.63, 3.8) is 0 Å². The van der Waals surface area contributed by atoms with Crippen LogP contribution in [0.3, 0.4) is 0 Å². The van der Waals surface area contributed by atoms with Crippen LogP contribution in [0.1, 0.15) is 61.5 Å². The van der Waals surface area contributed by atoms with Crippen LogP contribution in [0.15, 0.2) is 60.7 Å². The Bertz CT molecular complexity index is 787. The van der Waals surface area contributed by atoms with Crippen LogP contribution in [0.4, 0.5) is 0 Å². The lowest BCUT2D eigenvalue weighted by Crippen LogP contribution is -2.36. The van der Waals surface area contributed by atoms with Crippen molar-refractivity contribution >= 4 is 5.78 Å². The van der Waals surface area contributed by atoms with E-state index < -0.39 is 0 Å². The highest BCUT2D eigenvalue weighted by Crippen LogP contribution is 2.68. The van der Waals surface area contributed by atoms with Gasteiger partial charge in [0.15, 0.2) is 0 Å². The highest BCUT2D eigenvalue weighted by Gasteiger charge is 2.64. The van der Waals surface area contributed by atoms with Gasteiger partial charge in [-0.15, -0.1) is 0 Å². The molecule has 0 spiro atoms. The van der Waals surface area contributed by atoms with Crippen LogP contribution in [0, 0.1) is 35.5 Å². The second kappa shape index (κ2) is 6.58. The van der Waals surface area contributed by atoms with Crippen molar-refractivity contribution in [2.75, 3.05) is 0 Å². The van der Waals surface area contributed by atoms with E-state index in [0.29, 0.717) is 17.6 Å². The predicted molar refractivity (Wildman–Crippen MR) is 112 cm³/mol. The molecule has 4 aliphatic carbocycles. The smallest absolute Gasteiger partial charge is 0.148 e. The van der Waals surface area contributed by atoms with E-state index in [4.69, 9.17) is 0 Å². The Morgan fingerprint density at radius 3 is 1.50 bits per heavy atom. The molecule has 0 aliphatic heterocycles. The summed E-state index contributed by atoms with van der Waals surface area (Å²) < 4.78 is 0. The Kier molecular flexibility index (Phi) is 4.00.